The van der Waals surface area contributed by atoms with Crippen molar-refractivity contribution in [2.75, 3.05) is 47.5 Å². The fourth-order valence-corrected chi connectivity index (χ4v) is 6.90. The molecular weight excluding hydrogens is 762 g/mol. The van der Waals surface area contributed by atoms with Gasteiger partial charge in [0, 0.05) is 12.8 Å². The Hall–Kier alpha value is -2.29. The maximum absolute atomic E-state index is 12.7. The third-order valence-electron chi connectivity index (χ3n) is 9.81. The van der Waals surface area contributed by atoms with Gasteiger partial charge in [0.05, 0.1) is 27.7 Å². The molecule has 0 fully saturated rings. The van der Waals surface area contributed by atoms with Crippen LogP contribution in [0, 0.1) is 0 Å². The first-order valence-corrected chi connectivity index (χ1v) is 25.0. The van der Waals surface area contributed by atoms with Crippen molar-refractivity contribution in [1.29, 1.82) is 0 Å². The number of esters is 2. The molecule has 0 saturated carbocycles. The van der Waals surface area contributed by atoms with Gasteiger partial charge in [-0.3, -0.25) is 18.6 Å². The monoisotopic (exact) mass is 851 g/mol. The molecule has 0 aromatic carbocycles. The average Bonchev–Trinajstić information content (AvgIpc) is 3.19. The third kappa shape index (κ3) is 45.1. The highest BCUT2D eigenvalue weighted by atomic mass is 31.2. The quantitative estimate of drug-likeness (QED) is 0.0213. The molecular formula is C49H89NO8P+. The molecule has 0 spiro atoms. The first-order valence-electron chi connectivity index (χ1n) is 23.5. The van der Waals surface area contributed by atoms with E-state index in [0.717, 1.165) is 77.0 Å². The van der Waals surface area contributed by atoms with Crippen LogP contribution in [0.4, 0.5) is 0 Å². The molecule has 0 aliphatic rings. The molecule has 9 nitrogen and oxygen atoms in total. The fraction of sp³-hybridized carbons (Fsp3) is 0.755. The van der Waals surface area contributed by atoms with E-state index in [2.05, 4.69) is 74.6 Å². The number of unbranched alkanes of at least 4 members (excludes halogenated alkanes) is 18. The Labute approximate surface area is 362 Å². The first kappa shape index (κ1) is 56.7. The number of allylic oxidation sites excluding steroid dienone is 10. The number of phosphoric ester groups is 1. The van der Waals surface area contributed by atoms with E-state index in [1.807, 2.05) is 21.1 Å². The lowest BCUT2D eigenvalue weighted by molar-refractivity contribution is -0.870. The Balaban J connectivity index is 4.30. The van der Waals surface area contributed by atoms with E-state index in [1.54, 1.807) is 0 Å². The maximum Gasteiger partial charge on any atom is 0.472 e. The molecule has 2 unspecified atom stereocenters. The van der Waals surface area contributed by atoms with Crippen molar-refractivity contribution in [3.63, 3.8) is 0 Å². The number of rotatable bonds is 42. The molecule has 342 valence electrons. The molecule has 1 N–H and O–H groups in total. The number of carbonyl (C=O) groups excluding carboxylic acids is 2. The van der Waals surface area contributed by atoms with Crippen LogP contribution in [-0.4, -0.2) is 74.9 Å². The van der Waals surface area contributed by atoms with Crippen molar-refractivity contribution in [1.82, 2.24) is 0 Å². The summed E-state index contributed by atoms with van der Waals surface area (Å²) >= 11 is 0. The molecule has 0 aromatic rings. The van der Waals surface area contributed by atoms with E-state index in [0.29, 0.717) is 17.4 Å². The molecule has 0 aliphatic carbocycles. The average molecular weight is 851 g/mol. The van der Waals surface area contributed by atoms with Crippen molar-refractivity contribution < 1.29 is 42.1 Å². The van der Waals surface area contributed by atoms with Gasteiger partial charge in [-0.2, -0.15) is 0 Å². The lowest BCUT2D eigenvalue weighted by atomic mass is 10.0. The number of hydrogen-bond acceptors (Lipinski definition) is 7. The van der Waals surface area contributed by atoms with Gasteiger partial charge >= 0.3 is 19.8 Å². The van der Waals surface area contributed by atoms with E-state index in [9.17, 15) is 19.0 Å². The van der Waals surface area contributed by atoms with E-state index < -0.39 is 26.5 Å². The summed E-state index contributed by atoms with van der Waals surface area (Å²) in [7, 11) is 1.46. The summed E-state index contributed by atoms with van der Waals surface area (Å²) in [6, 6.07) is 0. The number of likely N-dealkylation sites (N-methyl/N-ethyl adjacent to an activating group) is 1. The van der Waals surface area contributed by atoms with Crippen molar-refractivity contribution in [3.8, 4) is 0 Å². The van der Waals surface area contributed by atoms with Crippen LogP contribution in [-0.2, 0) is 32.7 Å². The van der Waals surface area contributed by atoms with Gasteiger partial charge in [-0.25, -0.2) is 4.57 Å². The Morgan fingerprint density at radius 1 is 0.542 bits per heavy atom. The van der Waals surface area contributed by atoms with E-state index in [-0.39, 0.29) is 32.0 Å². The van der Waals surface area contributed by atoms with E-state index >= 15 is 0 Å². The molecule has 0 amide bonds. The summed E-state index contributed by atoms with van der Waals surface area (Å²) in [5, 5.41) is 0. The summed E-state index contributed by atoms with van der Waals surface area (Å²) < 4.78 is 34.3. The maximum atomic E-state index is 12.7. The summed E-state index contributed by atoms with van der Waals surface area (Å²) in [6.45, 7) is 4.29. The van der Waals surface area contributed by atoms with Gasteiger partial charge in [-0.05, 0) is 57.8 Å². The van der Waals surface area contributed by atoms with Gasteiger partial charge in [0.1, 0.15) is 19.8 Å². The SMILES string of the molecule is CC/C=C\C/C=C\C/C=C\C/C=C\C/C=C\CCCCCCCCCC(=O)OC(COC(=O)CCCCCCCCCCCCCC)COP(=O)(O)OCC[N+](C)(C)C. The molecule has 0 saturated heterocycles. The molecule has 2 atom stereocenters. The normalized spacial score (nSPS) is 14.1. The number of carbonyl (C=O) groups is 2. The van der Waals surface area contributed by atoms with Crippen LogP contribution in [0.25, 0.3) is 0 Å². The summed E-state index contributed by atoms with van der Waals surface area (Å²) in [4.78, 5) is 35.4. The highest BCUT2D eigenvalue weighted by Crippen LogP contribution is 2.43. The molecule has 0 aromatic heterocycles. The van der Waals surface area contributed by atoms with E-state index in [1.165, 1.54) is 77.0 Å². The largest absolute Gasteiger partial charge is 0.472 e. The van der Waals surface area contributed by atoms with Gasteiger partial charge in [-0.15, -0.1) is 0 Å². The van der Waals surface area contributed by atoms with Crippen molar-refractivity contribution >= 4 is 19.8 Å². The Kier molecular flexibility index (Phi) is 39.5. The molecule has 0 aliphatic heterocycles. The minimum Gasteiger partial charge on any atom is -0.462 e. The van der Waals surface area contributed by atoms with E-state index in [4.69, 9.17) is 18.5 Å². The van der Waals surface area contributed by atoms with Crippen LogP contribution in [0.15, 0.2) is 60.8 Å². The number of ether oxygens (including phenoxy) is 2. The predicted molar refractivity (Wildman–Crippen MR) is 247 cm³/mol. The highest BCUT2D eigenvalue weighted by Gasteiger charge is 2.27. The lowest BCUT2D eigenvalue weighted by Gasteiger charge is -2.24. The smallest absolute Gasteiger partial charge is 0.462 e. The molecule has 59 heavy (non-hydrogen) atoms. The van der Waals surface area contributed by atoms with Crippen LogP contribution in [0.1, 0.15) is 187 Å². The first-order chi connectivity index (χ1) is 28.5. The van der Waals surface area contributed by atoms with Crippen LogP contribution in [0.3, 0.4) is 0 Å². The van der Waals surface area contributed by atoms with Crippen LogP contribution < -0.4 is 0 Å². The Morgan fingerprint density at radius 2 is 0.966 bits per heavy atom. The second-order valence-electron chi connectivity index (χ2n) is 16.8. The number of quaternary nitrogens is 1. The fourth-order valence-electron chi connectivity index (χ4n) is 6.16. The Bertz CT molecular complexity index is 1190. The van der Waals surface area contributed by atoms with Crippen LogP contribution >= 0.6 is 7.82 Å². The Morgan fingerprint density at radius 3 is 1.44 bits per heavy atom. The zero-order chi connectivity index (χ0) is 43.6. The second kappa shape index (κ2) is 41.1. The molecule has 0 heterocycles. The lowest BCUT2D eigenvalue weighted by Crippen LogP contribution is -2.37. The second-order valence-corrected chi connectivity index (χ2v) is 18.2. The molecule has 0 rings (SSSR count). The minimum absolute atomic E-state index is 0.0278. The van der Waals surface area contributed by atoms with Crippen LogP contribution in [0.5, 0.6) is 0 Å². The number of phosphoric acid groups is 1. The molecule has 10 heteroatoms. The van der Waals surface area contributed by atoms with Gasteiger partial charge in [0.15, 0.2) is 6.10 Å². The van der Waals surface area contributed by atoms with Crippen LogP contribution in [0.2, 0.25) is 0 Å². The molecule has 0 radical (unpaired) electrons. The predicted octanol–water partition coefficient (Wildman–Crippen LogP) is 13.6. The zero-order valence-corrected chi connectivity index (χ0v) is 39.4. The van der Waals surface area contributed by atoms with Gasteiger partial charge < -0.3 is 18.9 Å². The molecule has 0 bridgehead atoms. The minimum atomic E-state index is -4.38. The number of hydrogen-bond donors (Lipinski definition) is 1. The summed E-state index contributed by atoms with van der Waals surface area (Å²) in [6.07, 6.45) is 49.8. The summed E-state index contributed by atoms with van der Waals surface area (Å²) in [5.41, 5.74) is 0. The van der Waals surface area contributed by atoms with Gasteiger partial charge in [0.25, 0.3) is 0 Å². The third-order valence-corrected chi connectivity index (χ3v) is 10.8. The van der Waals surface area contributed by atoms with Crippen molar-refractivity contribution in [3.05, 3.63) is 60.8 Å². The number of nitrogens with zero attached hydrogens (tertiary/aromatic N) is 1. The van der Waals surface area contributed by atoms with Crippen molar-refractivity contribution in [2.45, 2.75) is 193 Å². The zero-order valence-electron chi connectivity index (χ0n) is 38.5. The summed E-state index contributed by atoms with van der Waals surface area (Å²) in [5.74, 6) is -0.811. The standard InChI is InChI=1S/C49H88NO8P/c1-6-8-10-12-14-16-18-20-21-22-23-24-25-26-27-28-29-30-32-34-36-38-40-42-49(52)58-47(46-57-59(53,54)56-44-43-50(3,4)5)45-55-48(51)41-39-37-35-33-31-19-17-15-13-11-9-7-2/h8,10,14,16,20-21,23-24,26-27,47H,6-7,9,11-13,15,17-19,22,25,28-46H2,1-5H3/p+1/b10-8-,16-14-,21-20-,24-23-,27-26-. The van der Waals surface area contributed by atoms with Crippen molar-refractivity contribution in [2.24, 2.45) is 0 Å². The topological polar surface area (TPSA) is 108 Å². The van der Waals surface area contributed by atoms with Gasteiger partial charge in [0.2, 0.25) is 0 Å². The van der Waals surface area contributed by atoms with Gasteiger partial charge in [-0.1, -0.05) is 177 Å². The highest BCUT2D eigenvalue weighted by molar-refractivity contribution is 7.47.